The van der Waals surface area contributed by atoms with E-state index in [0.29, 0.717) is 10.7 Å². The first kappa shape index (κ1) is 15.3. The van der Waals surface area contributed by atoms with Gasteiger partial charge in [-0.05, 0) is 48.6 Å². The van der Waals surface area contributed by atoms with E-state index >= 15 is 0 Å². The zero-order chi connectivity index (χ0) is 15.5. The first-order valence-corrected chi connectivity index (χ1v) is 7.81. The maximum absolute atomic E-state index is 14.0. The number of hydrogen-bond donors (Lipinski definition) is 1. The predicted octanol–water partition coefficient (Wildman–Crippen LogP) is 3.82. The molecule has 1 aromatic heterocycles. The van der Waals surface area contributed by atoms with Crippen molar-refractivity contribution in [2.45, 2.75) is 18.9 Å². The molecule has 116 valence electrons. The Bertz CT molecular complexity index is 630. The fraction of sp³-hybridized carbons (Fsp3) is 0.353. The van der Waals surface area contributed by atoms with Crippen molar-refractivity contribution in [3.8, 4) is 0 Å². The molecule has 0 saturated carbocycles. The highest BCUT2D eigenvalue weighted by atomic mass is 35.5. The van der Waals surface area contributed by atoms with Gasteiger partial charge >= 0.3 is 0 Å². The predicted molar refractivity (Wildman–Crippen MR) is 85.5 cm³/mol. The first-order valence-electron chi connectivity index (χ1n) is 7.43. The summed E-state index contributed by atoms with van der Waals surface area (Å²) in [5, 5.41) is 10.8. The second-order valence-electron chi connectivity index (χ2n) is 5.65. The van der Waals surface area contributed by atoms with E-state index in [1.54, 1.807) is 24.5 Å². The Morgan fingerprint density at radius 3 is 2.68 bits per heavy atom. The van der Waals surface area contributed by atoms with Crippen LogP contribution in [0.5, 0.6) is 0 Å². The minimum atomic E-state index is -0.508. The van der Waals surface area contributed by atoms with Crippen LogP contribution in [0.3, 0.4) is 0 Å². The molecule has 5 heteroatoms. The van der Waals surface area contributed by atoms with Crippen molar-refractivity contribution < 1.29 is 9.50 Å². The summed E-state index contributed by atoms with van der Waals surface area (Å²) in [6, 6.07) is 8.49. The van der Waals surface area contributed by atoms with Crippen molar-refractivity contribution in [2.24, 2.45) is 5.92 Å². The molecule has 1 saturated heterocycles. The molecule has 0 radical (unpaired) electrons. The SMILES string of the molecule is O[C@H](c1cccnc1)C1CCN(c2ccc(Cl)cc2F)CC1. The molecule has 2 aromatic rings. The van der Waals surface area contributed by atoms with Gasteiger partial charge in [0.05, 0.1) is 11.8 Å². The minimum Gasteiger partial charge on any atom is -0.388 e. The average molecular weight is 321 g/mol. The summed E-state index contributed by atoms with van der Waals surface area (Å²) in [5.74, 6) is -0.116. The Kier molecular flexibility index (Phi) is 4.60. The summed E-state index contributed by atoms with van der Waals surface area (Å²) in [6.07, 6.45) is 4.53. The Balaban J connectivity index is 1.65. The number of hydrogen-bond acceptors (Lipinski definition) is 3. The number of piperidine rings is 1. The molecule has 0 aliphatic carbocycles. The maximum Gasteiger partial charge on any atom is 0.147 e. The number of anilines is 1. The molecule has 22 heavy (non-hydrogen) atoms. The molecule has 0 amide bonds. The van der Waals surface area contributed by atoms with Crippen molar-refractivity contribution in [3.63, 3.8) is 0 Å². The van der Waals surface area contributed by atoms with Crippen molar-refractivity contribution in [3.05, 3.63) is 59.1 Å². The highest BCUT2D eigenvalue weighted by Crippen LogP contribution is 2.33. The van der Waals surface area contributed by atoms with E-state index in [4.69, 9.17) is 11.6 Å². The molecule has 0 spiro atoms. The molecule has 0 unspecified atom stereocenters. The Morgan fingerprint density at radius 1 is 1.27 bits per heavy atom. The van der Waals surface area contributed by atoms with E-state index < -0.39 is 6.10 Å². The molecule has 1 aromatic carbocycles. The highest BCUT2D eigenvalue weighted by molar-refractivity contribution is 6.30. The van der Waals surface area contributed by atoms with Crippen LogP contribution >= 0.6 is 11.6 Å². The Hall–Kier alpha value is -1.65. The van der Waals surface area contributed by atoms with Crippen molar-refractivity contribution in [2.75, 3.05) is 18.0 Å². The van der Waals surface area contributed by atoms with Crippen LogP contribution in [0.15, 0.2) is 42.7 Å². The molecular weight excluding hydrogens is 303 g/mol. The number of halogens is 2. The van der Waals surface area contributed by atoms with Gasteiger partial charge in [0.25, 0.3) is 0 Å². The van der Waals surface area contributed by atoms with Crippen molar-refractivity contribution in [1.82, 2.24) is 4.98 Å². The van der Waals surface area contributed by atoms with Gasteiger partial charge in [-0.1, -0.05) is 17.7 Å². The number of aliphatic hydroxyl groups is 1. The van der Waals surface area contributed by atoms with Crippen LogP contribution in [-0.4, -0.2) is 23.2 Å². The molecule has 1 atom stereocenters. The Labute approximate surface area is 134 Å². The summed E-state index contributed by atoms with van der Waals surface area (Å²) >= 11 is 5.79. The van der Waals surface area contributed by atoms with Gasteiger partial charge in [-0.25, -0.2) is 4.39 Å². The molecule has 1 aliphatic heterocycles. The number of benzene rings is 1. The van der Waals surface area contributed by atoms with E-state index in [1.807, 2.05) is 17.0 Å². The number of nitrogens with zero attached hydrogens (tertiary/aromatic N) is 2. The lowest BCUT2D eigenvalue weighted by molar-refractivity contribution is 0.0926. The van der Waals surface area contributed by atoms with Gasteiger partial charge in [0.2, 0.25) is 0 Å². The van der Waals surface area contributed by atoms with Crippen LogP contribution < -0.4 is 4.90 Å². The Morgan fingerprint density at radius 2 is 2.05 bits per heavy atom. The van der Waals surface area contributed by atoms with Gasteiger partial charge in [0.15, 0.2) is 0 Å². The molecule has 1 N–H and O–H groups in total. The van der Waals surface area contributed by atoms with Gasteiger partial charge in [0, 0.05) is 30.5 Å². The molecule has 1 aliphatic rings. The summed E-state index contributed by atoms with van der Waals surface area (Å²) in [5.41, 5.74) is 1.43. The second kappa shape index (κ2) is 6.63. The molecule has 3 rings (SSSR count). The monoisotopic (exact) mass is 320 g/mol. The lowest BCUT2D eigenvalue weighted by atomic mass is 9.88. The molecular formula is C17H18ClFN2O. The lowest BCUT2D eigenvalue weighted by Crippen LogP contribution is -2.36. The van der Waals surface area contributed by atoms with Gasteiger partial charge < -0.3 is 10.0 Å². The quantitative estimate of drug-likeness (QED) is 0.934. The van der Waals surface area contributed by atoms with Crippen LogP contribution in [0.2, 0.25) is 5.02 Å². The van der Waals surface area contributed by atoms with E-state index in [-0.39, 0.29) is 11.7 Å². The summed E-state index contributed by atoms with van der Waals surface area (Å²) in [7, 11) is 0. The highest BCUT2D eigenvalue weighted by Gasteiger charge is 2.27. The van der Waals surface area contributed by atoms with Crippen LogP contribution in [0.4, 0.5) is 10.1 Å². The number of pyridine rings is 1. The standard InChI is InChI=1S/C17H18ClFN2O/c18-14-3-4-16(15(19)10-14)21-8-5-12(6-9-21)17(22)13-2-1-7-20-11-13/h1-4,7,10-12,17,22H,5-6,8-9H2/t17-/m0/s1. The molecule has 3 nitrogen and oxygen atoms in total. The van der Waals surface area contributed by atoms with Crippen LogP contribution in [-0.2, 0) is 0 Å². The van der Waals surface area contributed by atoms with Gasteiger partial charge in [0.1, 0.15) is 5.82 Å². The number of rotatable bonds is 3. The number of aliphatic hydroxyl groups excluding tert-OH is 1. The van der Waals surface area contributed by atoms with E-state index in [9.17, 15) is 9.50 Å². The zero-order valence-electron chi connectivity index (χ0n) is 12.1. The van der Waals surface area contributed by atoms with E-state index in [0.717, 1.165) is 31.5 Å². The number of aromatic nitrogens is 1. The van der Waals surface area contributed by atoms with Crippen molar-refractivity contribution >= 4 is 17.3 Å². The van der Waals surface area contributed by atoms with Gasteiger partial charge in [-0.15, -0.1) is 0 Å². The molecule has 2 heterocycles. The smallest absolute Gasteiger partial charge is 0.147 e. The van der Waals surface area contributed by atoms with Crippen LogP contribution in [0, 0.1) is 11.7 Å². The summed E-state index contributed by atoms with van der Waals surface area (Å²) in [6.45, 7) is 1.45. The fourth-order valence-electron chi connectivity index (χ4n) is 3.02. The zero-order valence-corrected chi connectivity index (χ0v) is 12.9. The van der Waals surface area contributed by atoms with Crippen LogP contribution in [0.25, 0.3) is 0 Å². The third-order valence-corrected chi connectivity index (χ3v) is 4.50. The largest absolute Gasteiger partial charge is 0.388 e. The molecule has 0 bridgehead atoms. The third kappa shape index (κ3) is 3.23. The normalized spacial score (nSPS) is 17.5. The summed E-state index contributed by atoms with van der Waals surface area (Å²) in [4.78, 5) is 6.06. The minimum absolute atomic E-state index is 0.177. The van der Waals surface area contributed by atoms with Crippen LogP contribution in [0.1, 0.15) is 24.5 Å². The summed E-state index contributed by atoms with van der Waals surface area (Å²) < 4.78 is 14.0. The van der Waals surface area contributed by atoms with Gasteiger partial charge in [-0.3, -0.25) is 4.98 Å². The van der Waals surface area contributed by atoms with E-state index in [2.05, 4.69) is 4.98 Å². The lowest BCUT2D eigenvalue weighted by Gasteiger charge is -2.35. The topological polar surface area (TPSA) is 36.4 Å². The van der Waals surface area contributed by atoms with Crippen molar-refractivity contribution in [1.29, 1.82) is 0 Å². The average Bonchev–Trinajstić information content (AvgIpc) is 2.55. The van der Waals surface area contributed by atoms with Gasteiger partial charge in [-0.2, -0.15) is 0 Å². The second-order valence-corrected chi connectivity index (χ2v) is 6.09. The molecule has 1 fully saturated rings. The first-order chi connectivity index (χ1) is 10.6. The van der Waals surface area contributed by atoms with E-state index in [1.165, 1.54) is 6.07 Å². The fourth-order valence-corrected chi connectivity index (χ4v) is 3.18. The third-order valence-electron chi connectivity index (χ3n) is 4.26. The maximum atomic E-state index is 14.0.